The number of hydrogen-bond donors (Lipinski definition) is 1. The first kappa shape index (κ1) is 8.95. The second-order valence-electron chi connectivity index (χ2n) is 3.89. The molecule has 2 aromatic rings. The molecule has 1 aliphatic heterocycles. The Morgan fingerprint density at radius 3 is 3.13 bits per heavy atom. The minimum atomic E-state index is 0.119. The maximum absolute atomic E-state index is 5.48. The summed E-state index contributed by atoms with van der Waals surface area (Å²) >= 11 is 0. The van der Waals surface area contributed by atoms with Crippen LogP contribution in [-0.4, -0.2) is 18.2 Å². The predicted molar refractivity (Wildman–Crippen MR) is 59.7 cm³/mol. The van der Waals surface area contributed by atoms with E-state index in [2.05, 4.69) is 40.2 Å². The lowest BCUT2D eigenvalue weighted by Crippen LogP contribution is -2.33. The van der Waals surface area contributed by atoms with Crippen LogP contribution in [0.5, 0.6) is 0 Å². The molecule has 78 valence electrons. The van der Waals surface area contributed by atoms with Crippen molar-refractivity contribution < 1.29 is 4.74 Å². The van der Waals surface area contributed by atoms with E-state index in [4.69, 9.17) is 4.74 Å². The Labute approximate surface area is 88.6 Å². The van der Waals surface area contributed by atoms with E-state index in [1.807, 2.05) is 0 Å². The van der Waals surface area contributed by atoms with Gasteiger partial charge in [0.05, 0.1) is 5.52 Å². The molecule has 0 amide bonds. The van der Waals surface area contributed by atoms with Crippen LogP contribution in [0.3, 0.4) is 0 Å². The highest BCUT2D eigenvalue weighted by Gasteiger charge is 2.20. The van der Waals surface area contributed by atoms with Gasteiger partial charge in [-0.15, -0.1) is 0 Å². The number of methoxy groups -OCH3 is 1. The number of ether oxygens (including phenoxy) is 1. The molecule has 3 heteroatoms. The smallest absolute Gasteiger partial charge is 0.146 e. The van der Waals surface area contributed by atoms with Crippen molar-refractivity contribution in [3.63, 3.8) is 0 Å². The third-order valence-corrected chi connectivity index (χ3v) is 3.01. The van der Waals surface area contributed by atoms with Crippen LogP contribution in [0.25, 0.3) is 10.9 Å². The molecular weight excluding hydrogens is 188 g/mol. The van der Waals surface area contributed by atoms with Crippen LogP contribution in [0.4, 0.5) is 0 Å². The van der Waals surface area contributed by atoms with E-state index < -0.39 is 0 Å². The van der Waals surface area contributed by atoms with E-state index in [0.717, 1.165) is 13.1 Å². The summed E-state index contributed by atoms with van der Waals surface area (Å²) < 4.78 is 7.77. The zero-order chi connectivity index (χ0) is 10.3. The van der Waals surface area contributed by atoms with Gasteiger partial charge in [0.2, 0.25) is 0 Å². The first-order valence-corrected chi connectivity index (χ1v) is 5.22. The quantitative estimate of drug-likeness (QED) is 0.764. The molecule has 1 aromatic heterocycles. The molecule has 1 N–H and O–H groups in total. The molecular formula is C12H14N2O. The second-order valence-corrected chi connectivity index (χ2v) is 3.89. The average Bonchev–Trinajstić information content (AvgIpc) is 2.67. The van der Waals surface area contributed by atoms with Gasteiger partial charge in [-0.2, -0.15) is 0 Å². The van der Waals surface area contributed by atoms with E-state index in [0.29, 0.717) is 0 Å². The van der Waals surface area contributed by atoms with Crippen molar-refractivity contribution in [1.82, 2.24) is 9.88 Å². The molecule has 1 aromatic carbocycles. The predicted octanol–water partition coefficient (Wildman–Crippen LogP) is 1.89. The zero-order valence-electron chi connectivity index (χ0n) is 8.73. The van der Waals surface area contributed by atoms with Gasteiger partial charge >= 0.3 is 0 Å². The van der Waals surface area contributed by atoms with Crippen molar-refractivity contribution in [3.8, 4) is 0 Å². The summed E-state index contributed by atoms with van der Waals surface area (Å²) in [6, 6.07) is 10.7. The monoisotopic (exact) mass is 202 g/mol. The molecule has 3 rings (SSSR count). The summed E-state index contributed by atoms with van der Waals surface area (Å²) in [6.07, 6.45) is 0.119. The van der Waals surface area contributed by atoms with Gasteiger partial charge in [-0.05, 0) is 17.5 Å². The van der Waals surface area contributed by atoms with Gasteiger partial charge in [0, 0.05) is 25.9 Å². The van der Waals surface area contributed by atoms with Crippen LogP contribution in [0, 0.1) is 0 Å². The van der Waals surface area contributed by atoms with Gasteiger partial charge in [0.15, 0.2) is 0 Å². The highest BCUT2D eigenvalue weighted by atomic mass is 16.5. The number of benzene rings is 1. The molecule has 1 atom stereocenters. The van der Waals surface area contributed by atoms with Crippen molar-refractivity contribution in [3.05, 3.63) is 36.0 Å². The number of aromatic nitrogens is 1. The topological polar surface area (TPSA) is 26.2 Å². The highest BCUT2D eigenvalue weighted by molar-refractivity contribution is 5.81. The Kier molecular flexibility index (Phi) is 2.01. The molecule has 2 heterocycles. The Balaban J connectivity index is 2.27. The van der Waals surface area contributed by atoms with Crippen molar-refractivity contribution in [1.29, 1.82) is 0 Å². The van der Waals surface area contributed by atoms with Gasteiger partial charge in [-0.1, -0.05) is 18.2 Å². The fraction of sp³-hybridized carbons (Fsp3) is 0.333. The van der Waals surface area contributed by atoms with Crippen LogP contribution < -0.4 is 5.32 Å². The van der Waals surface area contributed by atoms with Gasteiger partial charge in [-0.25, -0.2) is 0 Å². The van der Waals surface area contributed by atoms with E-state index in [1.165, 1.54) is 16.6 Å². The van der Waals surface area contributed by atoms with Crippen LogP contribution in [-0.2, 0) is 11.3 Å². The molecule has 0 spiro atoms. The summed E-state index contributed by atoms with van der Waals surface area (Å²) in [5.41, 5.74) is 2.56. The summed E-state index contributed by atoms with van der Waals surface area (Å²) in [7, 11) is 1.76. The third-order valence-electron chi connectivity index (χ3n) is 3.01. The van der Waals surface area contributed by atoms with Crippen molar-refractivity contribution in [2.24, 2.45) is 0 Å². The Hall–Kier alpha value is -1.32. The van der Waals surface area contributed by atoms with Crippen LogP contribution in [0.15, 0.2) is 30.3 Å². The van der Waals surface area contributed by atoms with Crippen molar-refractivity contribution >= 4 is 10.9 Å². The summed E-state index contributed by atoms with van der Waals surface area (Å²) in [5.74, 6) is 0. The minimum Gasteiger partial charge on any atom is -0.360 e. The molecule has 15 heavy (non-hydrogen) atoms. The lowest BCUT2D eigenvalue weighted by molar-refractivity contribution is 0.0366. The second kappa shape index (κ2) is 3.36. The molecule has 1 aliphatic rings. The number of nitrogens with one attached hydrogen (secondary N) is 1. The Bertz CT molecular complexity index is 489. The summed E-state index contributed by atoms with van der Waals surface area (Å²) in [6.45, 7) is 1.80. The standard InChI is InChI=1S/C12H14N2O/c1-15-12-8-13-7-10-6-9-4-2-3-5-11(9)14(10)12/h2-6,12-13H,7-8H2,1H3. The highest BCUT2D eigenvalue weighted by Crippen LogP contribution is 2.26. The van der Waals surface area contributed by atoms with Crippen LogP contribution in [0.2, 0.25) is 0 Å². The van der Waals surface area contributed by atoms with E-state index in [9.17, 15) is 0 Å². The normalized spacial score (nSPS) is 20.5. The van der Waals surface area contributed by atoms with Crippen molar-refractivity contribution in [2.45, 2.75) is 12.8 Å². The third kappa shape index (κ3) is 1.28. The maximum Gasteiger partial charge on any atom is 0.146 e. The summed E-state index contributed by atoms with van der Waals surface area (Å²) in [5, 5.41) is 4.65. The maximum atomic E-state index is 5.48. The SMILES string of the molecule is COC1CNCc2cc3ccccc3n21. The number of nitrogens with zero attached hydrogens (tertiary/aromatic N) is 1. The molecule has 0 saturated carbocycles. The van der Waals surface area contributed by atoms with Gasteiger partial charge < -0.3 is 14.6 Å². The van der Waals surface area contributed by atoms with Crippen LogP contribution in [0.1, 0.15) is 11.9 Å². The van der Waals surface area contributed by atoms with E-state index in [-0.39, 0.29) is 6.23 Å². The number of hydrogen-bond acceptors (Lipinski definition) is 2. The average molecular weight is 202 g/mol. The Morgan fingerprint density at radius 2 is 2.27 bits per heavy atom. The molecule has 0 saturated heterocycles. The number of fused-ring (bicyclic) bond motifs is 3. The molecule has 0 fully saturated rings. The van der Waals surface area contributed by atoms with Crippen LogP contribution >= 0.6 is 0 Å². The van der Waals surface area contributed by atoms with Gasteiger partial charge in [0.1, 0.15) is 6.23 Å². The molecule has 0 bridgehead atoms. The Morgan fingerprint density at radius 1 is 1.40 bits per heavy atom. The van der Waals surface area contributed by atoms with Gasteiger partial charge in [-0.3, -0.25) is 0 Å². The van der Waals surface area contributed by atoms with E-state index in [1.54, 1.807) is 7.11 Å². The largest absolute Gasteiger partial charge is 0.360 e. The fourth-order valence-electron chi connectivity index (χ4n) is 2.31. The fourth-order valence-corrected chi connectivity index (χ4v) is 2.31. The number of rotatable bonds is 1. The molecule has 1 unspecified atom stereocenters. The van der Waals surface area contributed by atoms with E-state index >= 15 is 0 Å². The lowest BCUT2D eigenvalue weighted by atomic mass is 10.2. The summed E-state index contributed by atoms with van der Waals surface area (Å²) in [4.78, 5) is 0. The van der Waals surface area contributed by atoms with Gasteiger partial charge in [0.25, 0.3) is 0 Å². The molecule has 3 nitrogen and oxygen atoms in total. The lowest BCUT2D eigenvalue weighted by Gasteiger charge is -2.26. The molecule has 0 aliphatic carbocycles. The first-order valence-electron chi connectivity index (χ1n) is 5.22. The first-order chi connectivity index (χ1) is 7.40. The molecule has 0 radical (unpaired) electrons. The number of para-hydroxylation sites is 1. The minimum absolute atomic E-state index is 0.119. The van der Waals surface area contributed by atoms with Crippen molar-refractivity contribution in [2.75, 3.05) is 13.7 Å². The zero-order valence-corrected chi connectivity index (χ0v) is 8.73.